The van der Waals surface area contributed by atoms with E-state index in [1.807, 2.05) is 0 Å². The predicted octanol–water partition coefficient (Wildman–Crippen LogP) is 2.60. The molecule has 1 fully saturated rings. The molecular formula is C28H45N9O3. The summed E-state index contributed by atoms with van der Waals surface area (Å²) in [7, 11) is 1.68. The van der Waals surface area contributed by atoms with Gasteiger partial charge in [-0.15, -0.1) is 0 Å². The number of H-pyrrole nitrogens is 1. The van der Waals surface area contributed by atoms with Crippen LogP contribution in [0.5, 0.6) is 0 Å². The molecule has 1 saturated heterocycles. The molecule has 3 heterocycles. The van der Waals surface area contributed by atoms with Gasteiger partial charge >= 0.3 is 0 Å². The van der Waals surface area contributed by atoms with E-state index < -0.39 is 24.5 Å². The molecule has 0 saturated carbocycles. The minimum absolute atomic E-state index is 0.0791. The molecule has 3 aromatic rings. The van der Waals surface area contributed by atoms with Crippen LogP contribution in [0.4, 0.5) is 11.8 Å². The number of amidine groups is 1. The molecule has 0 amide bonds. The van der Waals surface area contributed by atoms with Crippen LogP contribution in [0.1, 0.15) is 64.9 Å². The molecule has 0 aliphatic carbocycles. The summed E-state index contributed by atoms with van der Waals surface area (Å²) in [4.78, 5) is 14.5. The molecule has 1 aliphatic heterocycles. The number of aliphatic hydroxyl groups is 2. The molecule has 0 spiro atoms. The van der Waals surface area contributed by atoms with Crippen molar-refractivity contribution in [1.82, 2.24) is 24.4 Å². The molecule has 0 radical (unpaired) electrons. The molecule has 1 aliphatic rings. The van der Waals surface area contributed by atoms with E-state index in [1.54, 1.807) is 11.6 Å². The Morgan fingerprint density at radius 1 is 1.25 bits per heavy atom. The van der Waals surface area contributed by atoms with Gasteiger partial charge in [-0.1, -0.05) is 26.8 Å². The van der Waals surface area contributed by atoms with Gasteiger partial charge in [0.2, 0.25) is 5.95 Å². The van der Waals surface area contributed by atoms with Crippen LogP contribution in [0.25, 0.3) is 11.0 Å². The highest BCUT2D eigenvalue weighted by atomic mass is 16.6. The van der Waals surface area contributed by atoms with E-state index in [0.29, 0.717) is 12.4 Å². The highest BCUT2D eigenvalue weighted by molar-refractivity contribution is 5.97. The van der Waals surface area contributed by atoms with Crippen LogP contribution in [-0.4, -0.2) is 91.5 Å². The first-order chi connectivity index (χ1) is 18.9. The van der Waals surface area contributed by atoms with Gasteiger partial charge in [-0.25, -0.2) is 9.97 Å². The summed E-state index contributed by atoms with van der Waals surface area (Å²) in [5.41, 5.74) is 9.22. The van der Waals surface area contributed by atoms with E-state index in [1.165, 1.54) is 11.9 Å². The number of ether oxygens (including phenoxy) is 1. The van der Waals surface area contributed by atoms with Crippen molar-refractivity contribution < 1.29 is 14.9 Å². The maximum atomic E-state index is 10.8. The molecule has 0 bridgehead atoms. The molecule has 12 nitrogen and oxygen atoms in total. The molecular weight excluding hydrogens is 510 g/mol. The first-order valence-corrected chi connectivity index (χ1v) is 14.0. The lowest BCUT2D eigenvalue weighted by Crippen LogP contribution is -2.43. The quantitative estimate of drug-likeness (QED) is 0.101. The molecule has 12 heteroatoms. The van der Waals surface area contributed by atoms with Gasteiger partial charge in [0.25, 0.3) is 0 Å². The van der Waals surface area contributed by atoms with Gasteiger partial charge in [0, 0.05) is 26.2 Å². The van der Waals surface area contributed by atoms with Gasteiger partial charge in [-0.2, -0.15) is 0 Å². The number of benzene rings is 1. The van der Waals surface area contributed by atoms with Crippen molar-refractivity contribution in [1.29, 1.82) is 5.41 Å². The Kier molecular flexibility index (Phi) is 9.03. The van der Waals surface area contributed by atoms with Crippen LogP contribution in [0.2, 0.25) is 0 Å². The summed E-state index contributed by atoms with van der Waals surface area (Å²) in [6.07, 6.45) is -0.278. The number of nitrogens with one attached hydrogen (secondary N) is 4. The Morgan fingerprint density at radius 2 is 2.00 bits per heavy atom. The number of hydrogen-bond donors (Lipinski definition) is 7. The number of nitrogen functional groups attached to an aromatic ring is 1. The van der Waals surface area contributed by atoms with Crippen LogP contribution >= 0.6 is 0 Å². The zero-order chi connectivity index (χ0) is 29.2. The molecule has 8 N–H and O–H groups in total. The van der Waals surface area contributed by atoms with Crippen molar-refractivity contribution in [3.8, 4) is 0 Å². The van der Waals surface area contributed by atoms with Crippen molar-refractivity contribution >= 4 is 28.6 Å². The van der Waals surface area contributed by atoms with Gasteiger partial charge in [0.1, 0.15) is 35.7 Å². The number of nitrogens with two attached hydrogens (primary N) is 1. The maximum absolute atomic E-state index is 10.8. The van der Waals surface area contributed by atoms with E-state index >= 15 is 0 Å². The van der Waals surface area contributed by atoms with Gasteiger partial charge in [-0.05, 0) is 56.3 Å². The number of rotatable bonds is 12. The number of aromatic amines is 1. The summed E-state index contributed by atoms with van der Waals surface area (Å²) in [6.45, 7) is 12.9. The fraction of sp³-hybridized carbons (Fsp3) is 0.607. The second-order valence-corrected chi connectivity index (χ2v) is 11.8. The lowest BCUT2D eigenvalue weighted by Gasteiger charge is -2.30. The Bertz CT molecular complexity index is 1300. The minimum atomic E-state index is -1.15. The second-order valence-electron chi connectivity index (χ2n) is 11.8. The SMILES string of the molecule is CNc1c(C(=N)N)ncn1[C@@H]1O[C@H](CN(CCCCNc2nc3cc(C(C)(C)C)ccc3[nH]2)C(C)C)[C@@H](O)[C@H]1O. The number of hydrogen-bond acceptors (Lipinski definition) is 9. The van der Waals surface area contributed by atoms with Crippen molar-refractivity contribution in [2.45, 2.75) is 83.5 Å². The summed E-state index contributed by atoms with van der Waals surface area (Å²) in [5.74, 6) is 1.04. The Labute approximate surface area is 235 Å². The Balaban J connectivity index is 1.29. The normalized spacial score (nSPS) is 21.6. The monoisotopic (exact) mass is 555 g/mol. The molecule has 4 rings (SSSR count). The third-order valence-corrected chi connectivity index (χ3v) is 7.56. The third-order valence-electron chi connectivity index (χ3n) is 7.56. The number of imidazole rings is 2. The fourth-order valence-corrected chi connectivity index (χ4v) is 5.10. The lowest BCUT2D eigenvalue weighted by molar-refractivity contribution is -0.0476. The van der Waals surface area contributed by atoms with Crippen LogP contribution < -0.4 is 16.4 Å². The van der Waals surface area contributed by atoms with Crippen LogP contribution in [-0.2, 0) is 10.2 Å². The average molecular weight is 556 g/mol. The van der Waals surface area contributed by atoms with E-state index in [-0.39, 0.29) is 23.0 Å². The zero-order valence-electron chi connectivity index (χ0n) is 24.4. The summed E-state index contributed by atoms with van der Waals surface area (Å²) in [6, 6.07) is 6.62. The molecule has 0 unspecified atom stereocenters. The van der Waals surface area contributed by atoms with E-state index in [9.17, 15) is 10.2 Å². The standard InChI is InChI=1S/C28H45N9O3/c1-16(2)36(12-8-7-11-32-27-34-18-10-9-17(28(3,4)5)13-19(18)35-27)14-20-22(38)23(39)26(40-20)37-15-33-21(24(29)30)25(37)31-6/h9-10,13,15-16,20,22-23,26,31,38-39H,7-8,11-12,14H2,1-6H3,(H3,29,30)(H2,32,34,35)/t20-,22-,23-,26-/m1/s1. The number of anilines is 2. The topological polar surface area (TPSA) is 173 Å². The minimum Gasteiger partial charge on any atom is -0.387 e. The number of fused-ring (bicyclic) bond motifs is 1. The molecule has 220 valence electrons. The number of aliphatic hydroxyl groups excluding tert-OH is 2. The van der Waals surface area contributed by atoms with Crippen LogP contribution in [0.15, 0.2) is 24.5 Å². The van der Waals surface area contributed by atoms with E-state index in [2.05, 4.69) is 78.3 Å². The fourth-order valence-electron chi connectivity index (χ4n) is 5.10. The van der Waals surface area contributed by atoms with Crippen LogP contribution in [0.3, 0.4) is 0 Å². The van der Waals surface area contributed by atoms with Crippen LogP contribution in [0, 0.1) is 5.41 Å². The summed E-state index contributed by atoms with van der Waals surface area (Å²) >= 11 is 0. The van der Waals surface area contributed by atoms with Gasteiger partial charge in [0.05, 0.1) is 17.4 Å². The number of aromatic nitrogens is 4. The first kappa shape index (κ1) is 29.8. The summed E-state index contributed by atoms with van der Waals surface area (Å²) < 4.78 is 7.72. The predicted molar refractivity (Wildman–Crippen MR) is 158 cm³/mol. The van der Waals surface area contributed by atoms with E-state index in [0.717, 1.165) is 42.9 Å². The number of nitrogens with zero attached hydrogens (tertiary/aromatic N) is 4. The van der Waals surface area contributed by atoms with Gasteiger partial charge < -0.3 is 36.3 Å². The molecule has 1 aromatic carbocycles. The lowest BCUT2D eigenvalue weighted by atomic mass is 9.87. The van der Waals surface area contributed by atoms with Gasteiger partial charge in [0.15, 0.2) is 6.23 Å². The van der Waals surface area contributed by atoms with Crippen molar-refractivity contribution in [3.63, 3.8) is 0 Å². The third kappa shape index (κ3) is 6.41. The molecule has 4 atom stereocenters. The Hall–Kier alpha value is -3.19. The number of unbranched alkanes of at least 4 members (excludes halogenated alkanes) is 1. The van der Waals surface area contributed by atoms with Crippen molar-refractivity contribution in [2.24, 2.45) is 5.73 Å². The zero-order valence-corrected chi connectivity index (χ0v) is 24.4. The molecule has 2 aromatic heterocycles. The Morgan fingerprint density at radius 3 is 2.65 bits per heavy atom. The second kappa shape index (κ2) is 12.1. The largest absolute Gasteiger partial charge is 0.387 e. The molecule has 40 heavy (non-hydrogen) atoms. The van der Waals surface area contributed by atoms with Gasteiger partial charge in [-0.3, -0.25) is 14.9 Å². The maximum Gasteiger partial charge on any atom is 0.201 e. The average Bonchev–Trinajstić information content (AvgIpc) is 3.58. The first-order valence-electron chi connectivity index (χ1n) is 14.0. The van der Waals surface area contributed by atoms with Crippen molar-refractivity contribution in [2.75, 3.05) is 37.3 Å². The highest BCUT2D eigenvalue weighted by Gasteiger charge is 2.45. The highest BCUT2D eigenvalue weighted by Crippen LogP contribution is 2.33. The summed E-state index contributed by atoms with van der Waals surface area (Å²) in [5, 5.41) is 35.7. The smallest absolute Gasteiger partial charge is 0.201 e. The van der Waals surface area contributed by atoms with E-state index in [4.69, 9.17) is 20.9 Å². The van der Waals surface area contributed by atoms with Crippen molar-refractivity contribution in [3.05, 3.63) is 35.8 Å².